The average Bonchev–Trinajstić information content (AvgIpc) is 2.72. The Hall–Kier alpha value is -2.62. The predicted molar refractivity (Wildman–Crippen MR) is 105 cm³/mol. The number of nitrogens with one attached hydrogen (secondary N) is 1. The van der Waals surface area contributed by atoms with Crippen LogP contribution in [0.2, 0.25) is 0 Å². The van der Waals surface area contributed by atoms with Crippen LogP contribution in [0.4, 0.5) is 0 Å². The molecule has 0 aromatic heterocycles. The topological polar surface area (TPSA) is 41.5 Å². The molecule has 3 nitrogen and oxygen atoms in total. The van der Waals surface area contributed by atoms with E-state index >= 15 is 0 Å². The van der Waals surface area contributed by atoms with Gasteiger partial charge >= 0.3 is 0 Å². The Bertz CT molecular complexity index is 772. The maximum atomic E-state index is 10.4. The van der Waals surface area contributed by atoms with E-state index in [9.17, 15) is 5.11 Å². The van der Waals surface area contributed by atoms with Crippen molar-refractivity contribution in [3.63, 3.8) is 0 Å². The number of hydrogen-bond acceptors (Lipinski definition) is 3. The second-order valence-electron chi connectivity index (χ2n) is 6.44. The highest BCUT2D eigenvalue weighted by Gasteiger charge is 2.15. The van der Waals surface area contributed by atoms with Crippen LogP contribution in [0.5, 0.6) is 5.75 Å². The molecule has 3 rings (SSSR count). The fourth-order valence-electron chi connectivity index (χ4n) is 2.77. The highest BCUT2D eigenvalue weighted by molar-refractivity contribution is 5.28. The highest BCUT2D eigenvalue weighted by atomic mass is 16.5. The Morgan fingerprint density at radius 3 is 2.08 bits per heavy atom. The van der Waals surface area contributed by atoms with Gasteiger partial charge in [-0.15, -0.1) is 0 Å². The van der Waals surface area contributed by atoms with E-state index in [2.05, 4.69) is 29.6 Å². The SMILES string of the molecule is C[C@@H](NCc1ccc(OCc2ccccc2)cc1)[C@H](O)c1ccccc1. The average molecular weight is 347 g/mol. The van der Waals surface area contributed by atoms with Crippen molar-refractivity contribution in [3.05, 3.63) is 102 Å². The van der Waals surface area contributed by atoms with Crippen molar-refractivity contribution >= 4 is 0 Å². The molecule has 0 fully saturated rings. The van der Waals surface area contributed by atoms with Gasteiger partial charge < -0.3 is 15.2 Å². The number of hydrogen-bond donors (Lipinski definition) is 2. The van der Waals surface area contributed by atoms with E-state index in [1.807, 2.05) is 67.6 Å². The first-order chi connectivity index (χ1) is 12.7. The standard InChI is InChI=1S/C23H25NO2/c1-18(23(25)21-10-6-3-7-11-21)24-16-19-12-14-22(15-13-19)26-17-20-8-4-2-5-9-20/h2-15,18,23-25H,16-17H2,1H3/t18-,23+/m1/s1. The lowest BCUT2D eigenvalue weighted by Gasteiger charge is -2.20. The van der Waals surface area contributed by atoms with Crippen molar-refractivity contribution in [2.75, 3.05) is 0 Å². The summed E-state index contributed by atoms with van der Waals surface area (Å²) in [5.74, 6) is 0.856. The molecule has 0 saturated heterocycles. The normalized spacial score (nSPS) is 13.2. The third kappa shape index (κ3) is 5.19. The first-order valence-electron chi connectivity index (χ1n) is 8.94. The minimum absolute atomic E-state index is 0.0357. The summed E-state index contributed by atoms with van der Waals surface area (Å²) in [5.41, 5.74) is 3.24. The largest absolute Gasteiger partial charge is 0.489 e. The van der Waals surface area contributed by atoms with E-state index < -0.39 is 6.10 Å². The zero-order valence-corrected chi connectivity index (χ0v) is 15.0. The quantitative estimate of drug-likeness (QED) is 0.631. The Morgan fingerprint density at radius 1 is 0.808 bits per heavy atom. The lowest BCUT2D eigenvalue weighted by molar-refractivity contribution is 0.135. The van der Waals surface area contributed by atoms with E-state index in [1.54, 1.807) is 0 Å². The van der Waals surface area contributed by atoms with Crippen LogP contribution in [0.15, 0.2) is 84.9 Å². The summed E-state index contributed by atoms with van der Waals surface area (Å²) >= 11 is 0. The summed E-state index contributed by atoms with van der Waals surface area (Å²) in [4.78, 5) is 0. The van der Waals surface area contributed by atoms with Crippen molar-refractivity contribution in [1.29, 1.82) is 0 Å². The minimum Gasteiger partial charge on any atom is -0.489 e. The molecule has 26 heavy (non-hydrogen) atoms. The summed E-state index contributed by atoms with van der Waals surface area (Å²) in [6.07, 6.45) is -0.523. The molecule has 0 heterocycles. The zero-order chi connectivity index (χ0) is 18.2. The van der Waals surface area contributed by atoms with Crippen LogP contribution in [-0.4, -0.2) is 11.1 Å². The molecular formula is C23H25NO2. The fraction of sp³-hybridized carbons (Fsp3) is 0.217. The number of aliphatic hydroxyl groups is 1. The van der Waals surface area contributed by atoms with Gasteiger partial charge in [0, 0.05) is 12.6 Å². The van der Waals surface area contributed by atoms with Gasteiger partial charge in [0.2, 0.25) is 0 Å². The fourth-order valence-corrected chi connectivity index (χ4v) is 2.77. The maximum Gasteiger partial charge on any atom is 0.119 e. The molecule has 0 aliphatic heterocycles. The molecule has 0 aliphatic carbocycles. The third-order valence-corrected chi connectivity index (χ3v) is 4.41. The Labute approximate surface area is 155 Å². The van der Waals surface area contributed by atoms with Crippen LogP contribution in [0.25, 0.3) is 0 Å². The van der Waals surface area contributed by atoms with Gasteiger partial charge in [0.15, 0.2) is 0 Å². The summed E-state index contributed by atoms with van der Waals surface area (Å²) in [7, 11) is 0. The highest BCUT2D eigenvalue weighted by Crippen LogP contribution is 2.18. The molecule has 0 unspecified atom stereocenters. The van der Waals surface area contributed by atoms with Crippen molar-refractivity contribution in [2.24, 2.45) is 0 Å². The van der Waals surface area contributed by atoms with Crippen LogP contribution < -0.4 is 10.1 Å². The molecule has 0 amide bonds. The smallest absolute Gasteiger partial charge is 0.119 e. The second kappa shape index (κ2) is 9.18. The van der Waals surface area contributed by atoms with Gasteiger partial charge in [0.1, 0.15) is 12.4 Å². The Balaban J connectivity index is 1.48. The second-order valence-corrected chi connectivity index (χ2v) is 6.44. The number of aliphatic hydroxyl groups excluding tert-OH is 1. The van der Waals surface area contributed by atoms with Crippen molar-refractivity contribution in [1.82, 2.24) is 5.32 Å². The molecule has 0 bridgehead atoms. The molecule has 0 radical (unpaired) electrons. The first-order valence-corrected chi connectivity index (χ1v) is 8.94. The van der Waals surface area contributed by atoms with Crippen LogP contribution in [0.3, 0.4) is 0 Å². The lowest BCUT2D eigenvalue weighted by atomic mass is 10.0. The van der Waals surface area contributed by atoms with Gasteiger partial charge in [-0.05, 0) is 35.7 Å². The van der Waals surface area contributed by atoms with Gasteiger partial charge in [-0.1, -0.05) is 72.8 Å². The van der Waals surface area contributed by atoms with Crippen LogP contribution in [-0.2, 0) is 13.2 Å². The van der Waals surface area contributed by atoms with Gasteiger partial charge in [-0.2, -0.15) is 0 Å². The first kappa shape index (κ1) is 18.2. The Kier molecular flexibility index (Phi) is 6.42. The zero-order valence-electron chi connectivity index (χ0n) is 15.0. The van der Waals surface area contributed by atoms with Crippen molar-refractivity contribution in [3.8, 4) is 5.75 Å². The predicted octanol–water partition coefficient (Wildman–Crippen LogP) is 4.48. The maximum absolute atomic E-state index is 10.4. The number of ether oxygens (including phenoxy) is 1. The van der Waals surface area contributed by atoms with Gasteiger partial charge in [-0.25, -0.2) is 0 Å². The van der Waals surface area contributed by atoms with Gasteiger partial charge in [0.05, 0.1) is 6.10 Å². The molecular weight excluding hydrogens is 322 g/mol. The van der Waals surface area contributed by atoms with Gasteiger partial charge in [-0.3, -0.25) is 0 Å². The summed E-state index contributed by atoms with van der Waals surface area (Å²) in [5, 5.41) is 13.8. The van der Waals surface area contributed by atoms with E-state index in [0.29, 0.717) is 13.2 Å². The molecule has 3 aromatic rings. The Morgan fingerprint density at radius 2 is 1.42 bits per heavy atom. The summed E-state index contributed by atoms with van der Waals surface area (Å²) in [6, 6.07) is 27.9. The van der Waals surface area contributed by atoms with Crippen LogP contribution in [0, 0.1) is 0 Å². The molecule has 2 atom stereocenters. The number of benzene rings is 3. The number of rotatable bonds is 8. The molecule has 2 N–H and O–H groups in total. The van der Waals surface area contributed by atoms with Gasteiger partial charge in [0.25, 0.3) is 0 Å². The van der Waals surface area contributed by atoms with E-state index in [1.165, 1.54) is 0 Å². The monoisotopic (exact) mass is 347 g/mol. The van der Waals surface area contributed by atoms with E-state index in [-0.39, 0.29) is 6.04 Å². The minimum atomic E-state index is -0.523. The molecule has 3 heteroatoms. The molecule has 3 aromatic carbocycles. The third-order valence-electron chi connectivity index (χ3n) is 4.41. The molecule has 0 aliphatic rings. The molecule has 134 valence electrons. The van der Waals surface area contributed by atoms with Crippen molar-refractivity contribution < 1.29 is 9.84 Å². The van der Waals surface area contributed by atoms with E-state index in [0.717, 1.165) is 22.4 Å². The van der Waals surface area contributed by atoms with Crippen LogP contribution in [0.1, 0.15) is 29.7 Å². The summed E-state index contributed by atoms with van der Waals surface area (Å²) in [6.45, 7) is 3.26. The lowest BCUT2D eigenvalue weighted by Crippen LogP contribution is -2.31. The van der Waals surface area contributed by atoms with E-state index in [4.69, 9.17) is 4.74 Å². The molecule has 0 spiro atoms. The molecule has 0 saturated carbocycles. The van der Waals surface area contributed by atoms with Crippen LogP contribution >= 0.6 is 0 Å². The summed E-state index contributed by atoms with van der Waals surface area (Å²) < 4.78 is 5.81. The van der Waals surface area contributed by atoms with Crippen molar-refractivity contribution in [2.45, 2.75) is 32.2 Å².